The number of hydrogen-bond acceptors (Lipinski definition) is 4. The average Bonchev–Trinajstić information content (AvgIpc) is 2.80. The lowest BCUT2D eigenvalue weighted by Gasteiger charge is -2.34. The summed E-state index contributed by atoms with van der Waals surface area (Å²) in [5.74, 6) is -1.41. The van der Waals surface area contributed by atoms with E-state index in [4.69, 9.17) is 11.6 Å². The Hall–Kier alpha value is -2.90. The fraction of sp³-hybridized carbons (Fsp3) is 0.348. The van der Waals surface area contributed by atoms with Gasteiger partial charge in [-0.2, -0.15) is 0 Å². The molecule has 164 valence electrons. The molecule has 3 amide bonds. The van der Waals surface area contributed by atoms with Crippen molar-refractivity contribution in [1.29, 1.82) is 0 Å². The van der Waals surface area contributed by atoms with Crippen molar-refractivity contribution in [2.75, 3.05) is 44.6 Å². The molecule has 2 aromatic rings. The highest BCUT2D eigenvalue weighted by Gasteiger charge is 2.23. The van der Waals surface area contributed by atoms with Gasteiger partial charge in [-0.25, -0.2) is 0 Å². The molecule has 0 aromatic heterocycles. The zero-order chi connectivity index (χ0) is 22.2. The third-order valence-electron chi connectivity index (χ3n) is 5.30. The van der Waals surface area contributed by atoms with Gasteiger partial charge < -0.3 is 15.5 Å². The van der Waals surface area contributed by atoms with Crippen LogP contribution in [0.4, 0.5) is 5.69 Å². The van der Waals surface area contributed by atoms with Gasteiger partial charge in [-0.15, -0.1) is 0 Å². The van der Waals surface area contributed by atoms with Gasteiger partial charge in [0, 0.05) is 45.0 Å². The van der Waals surface area contributed by atoms with Crippen LogP contribution in [-0.2, 0) is 16.0 Å². The molecule has 0 spiro atoms. The SMILES string of the molecule is CCc1ccc(NC(=O)C(=O)NCCN2CCN(C(=O)c3ccccc3Cl)CC2)cc1. The molecule has 0 saturated carbocycles. The molecule has 31 heavy (non-hydrogen) atoms. The van der Waals surface area contributed by atoms with Gasteiger partial charge in [0.1, 0.15) is 0 Å². The lowest BCUT2D eigenvalue weighted by Crippen LogP contribution is -2.50. The van der Waals surface area contributed by atoms with Crippen LogP contribution in [0.25, 0.3) is 0 Å². The quantitative estimate of drug-likeness (QED) is 0.673. The monoisotopic (exact) mass is 442 g/mol. The first-order chi connectivity index (χ1) is 15.0. The highest BCUT2D eigenvalue weighted by atomic mass is 35.5. The number of piperazine rings is 1. The zero-order valence-corrected chi connectivity index (χ0v) is 18.3. The first-order valence-electron chi connectivity index (χ1n) is 10.4. The summed E-state index contributed by atoms with van der Waals surface area (Å²) in [6, 6.07) is 14.5. The first-order valence-corrected chi connectivity index (χ1v) is 10.8. The normalized spacial score (nSPS) is 14.2. The van der Waals surface area contributed by atoms with Crippen molar-refractivity contribution in [3.63, 3.8) is 0 Å². The molecule has 2 N–H and O–H groups in total. The molecular formula is C23H27ClN4O3. The Bertz CT molecular complexity index is 925. The van der Waals surface area contributed by atoms with E-state index in [0.29, 0.717) is 55.5 Å². The maximum atomic E-state index is 12.6. The summed E-state index contributed by atoms with van der Waals surface area (Å²) in [5.41, 5.74) is 2.27. The Morgan fingerprint density at radius 3 is 2.26 bits per heavy atom. The molecule has 1 aliphatic rings. The van der Waals surface area contributed by atoms with Crippen LogP contribution in [0.15, 0.2) is 48.5 Å². The van der Waals surface area contributed by atoms with E-state index in [-0.39, 0.29) is 5.91 Å². The number of benzene rings is 2. The fourth-order valence-corrected chi connectivity index (χ4v) is 3.62. The van der Waals surface area contributed by atoms with Crippen molar-refractivity contribution in [2.24, 2.45) is 0 Å². The largest absolute Gasteiger partial charge is 0.347 e. The Kier molecular flexibility index (Phi) is 8.03. The van der Waals surface area contributed by atoms with Gasteiger partial charge in [-0.1, -0.05) is 42.8 Å². The number of hydrogen-bond donors (Lipinski definition) is 2. The predicted octanol–water partition coefficient (Wildman–Crippen LogP) is 2.42. The second kappa shape index (κ2) is 10.9. The molecule has 1 heterocycles. The highest BCUT2D eigenvalue weighted by Crippen LogP contribution is 2.18. The Balaban J connectivity index is 1.37. The van der Waals surface area contributed by atoms with Crippen LogP contribution in [0.1, 0.15) is 22.8 Å². The van der Waals surface area contributed by atoms with Gasteiger partial charge in [0.25, 0.3) is 5.91 Å². The van der Waals surface area contributed by atoms with E-state index in [1.54, 1.807) is 41.3 Å². The number of aryl methyl sites for hydroxylation is 1. The summed E-state index contributed by atoms with van der Waals surface area (Å²) in [7, 11) is 0. The minimum Gasteiger partial charge on any atom is -0.347 e. The number of carbonyl (C=O) groups excluding carboxylic acids is 3. The molecule has 1 saturated heterocycles. The van der Waals surface area contributed by atoms with Gasteiger partial charge in [-0.05, 0) is 36.2 Å². The third kappa shape index (κ3) is 6.29. The number of nitrogens with one attached hydrogen (secondary N) is 2. The second-order valence-electron chi connectivity index (χ2n) is 7.37. The van der Waals surface area contributed by atoms with Gasteiger partial charge in [0.2, 0.25) is 0 Å². The van der Waals surface area contributed by atoms with Crippen molar-refractivity contribution in [1.82, 2.24) is 15.1 Å². The number of rotatable bonds is 6. The van der Waals surface area contributed by atoms with E-state index in [9.17, 15) is 14.4 Å². The summed E-state index contributed by atoms with van der Waals surface area (Å²) in [4.78, 5) is 40.6. The second-order valence-corrected chi connectivity index (χ2v) is 7.78. The standard InChI is InChI=1S/C23H27ClN4O3/c1-2-17-7-9-18(10-8-17)26-22(30)21(29)25-11-12-27-13-15-28(16-14-27)23(31)19-5-3-4-6-20(19)24/h3-10H,2,11-16H2,1H3,(H,25,29)(H,26,30). The maximum Gasteiger partial charge on any atom is 0.313 e. The van der Waals surface area contributed by atoms with E-state index in [1.165, 1.54) is 0 Å². The molecule has 0 unspecified atom stereocenters. The molecule has 3 rings (SSSR count). The van der Waals surface area contributed by atoms with Crippen molar-refractivity contribution < 1.29 is 14.4 Å². The lowest BCUT2D eigenvalue weighted by molar-refractivity contribution is -0.136. The molecule has 0 atom stereocenters. The highest BCUT2D eigenvalue weighted by molar-refractivity contribution is 6.39. The summed E-state index contributed by atoms with van der Waals surface area (Å²) in [6.45, 7) is 5.60. The topological polar surface area (TPSA) is 81.8 Å². The summed E-state index contributed by atoms with van der Waals surface area (Å²) in [5, 5.41) is 5.71. The van der Waals surface area contributed by atoms with Crippen LogP contribution >= 0.6 is 11.6 Å². The molecule has 1 aliphatic heterocycles. The summed E-state index contributed by atoms with van der Waals surface area (Å²) < 4.78 is 0. The molecule has 0 aliphatic carbocycles. The summed E-state index contributed by atoms with van der Waals surface area (Å²) >= 11 is 6.12. The third-order valence-corrected chi connectivity index (χ3v) is 5.63. The van der Waals surface area contributed by atoms with E-state index >= 15 is 0 Å². The zero-order valence-electron chi connectivity index (χ0n) is 17.6. The van der Waals surface area contributed by atoms with Crippen molar-refractivity contribution >= 4 is 35.0 Å². The van der Waals surface area contributed by atoms with Crippen LogP contribution in [0.3, 0.4) is 0 Å². The smallest absolute Gasteiger partial charge is 0.313 e. The Morgan fingerprint density at radius 2 is 1.61 bits per heavy atom. The van der Waals surface area contributed by atoms with E-state index in [0.717, 1.165) is 12.0 Å². The lowest BCUT2D eigenvalue weighted by atomic mass is 10.1. The van der Waals surface area contributed by atoms with Crippen LogP contribution in [0.5, 0.6) is 0 Å². The average molecular weight is 443 g/mol. The predicted molar refractivity (Wildman–Crippen MR) is 121 cm³/mol. The fourth-order valence-electron chi connectivity index (χ4n) is 3.40. The van der Waals surface area contributed by atoms with Crippen LogP contribution in [0.2, 0.25) is 5.02 Å². The number of carbonyl (C=O) groups is 3. The van der Waals surface area contributed by atoms with Crippen LogP contribution < -0.4 is 10.6 Å². The number of amides is 3. The van der Waals surface area contributed by atoms with E-state index < -0.39 is 11.8 Å². The molecular weight excluding hydrogens is 416 g/mol. The van der Waals surface area contributed by atoms with Gasteiger partial charge >= 0.3 is 11.8 Å². The molecule has 7 nitrogen and oxygen atoms in total. The van der Waals surface area contributed by atoms with Crippen LogP contribution in [-0.4, -0.2) is 66.8 Å². The molecule has 2 aromatic carbocycles. The maximum absolute atomic E-state index is 12.6. The van der Waals surface area contributed by atoms with Crippen molar-refractivity contribution in [3.8, 4) is 0 Å². The van der Waals surface area contributed by atoms with Crippen molar-refractivity contribution in [2.45, 2.75) is 13.3 Å². The van der Waals surface area contributed by atoms with E-state index in [2.05, 4.69) is 22.5 Å². The summed E-state index contributed by atoms with van der Waals surface area (Å²) in [6.07, 6.45) is 0.914. The minimum absolute atomic E-state index is 0.0674. The Morgan fingerprint density at radius 1 is 0.935 bits per heavy atom. The van der Waals surface area contributed by atoms with E-state index in [1.807, 2.05) is 12.1 Å². The molecule has 8 heteroatoms. The number of halogens is 1. The van der Waals surface area contributed by atoms with Gasteiger partial charge in [0.15, 0.2) is 0 Å². The number of anilines is 1. The Labute approximate surface area is 187 Å². The van der Waals surface area contributed by atoms with Crippen LogP contribution in [0, 0.1) is 0 Å². The number of nitrogens with zero attached hydrogens (tertiary/aromatic N) is 2. The minimum atomic E-state index is -0.681. The first kappa shape index (κ1) is 22.8. The molecule has 0 radical (unpaired) electrons. The van der Waals surface area contributed by atoms with Gasteiger partial charge in [-0.3, -0.25) is 19.3 Å². The molecule has 0 bridgehead atoms. The molecule has 1 fully saturated rings. The van der Waals surface area contributed by atoms with Crippen molar-refractivity contribution in [3.05, 3.63) is 64.7 Å². The van der Waals surface area contributed by atoms with Gasteiger partial charge in [0.05, 0.1) is 10.6 Å².